The molecule has 19 heavy (non-hydrogen) atoms. The normalized spacial score (nSPS) is 12.3. The molecule has 1 nitrogen and oxygen atoms in total. The second kappa shape index (κ2) is 5.79. The standard InChI is InChI=1S/C17H20BrN/c1-11-5-8-16(13(3)9-11)14(4)19-17-10-15(18)7-6-12(17)2/h5-10,14,19H,1-4H3. The van der Waals surface area contributed by atoms with E-state index in [4.69, 9.17) is 0 Å². The van der Waals surface area contributed by atoms with Crippen molar-refractivity contribution in [2.24, 2.45) is 0 Å². The van der Waals surface area contributed by atoms with Crippen LogP contribution in [0.15, 0.2) is 40.9 Å². The Morgan fingerprint density at radius 2 is 1.68 bits per heavy atom. The lowest BCUT2D eigenvalue weighted by Gasteiger charge is -2.20. The molecule has 0 aliphatic rings. The van der Waals surface area contributed by atoms with Gasteiger partial charge in [0.15, 0.2) is 0 Å². The molecule has 2 aromatic carbocycles. The van der Waals surface area contributed by atoms with E-state index in [1.165, 1.54) is 27.9 Å². The molecular weight excluding hydrogens is 298 g/mol. The number of anilines is 1. The van der Waals surface area contributed by atoms with Gasteiger partial charge in [0.1, 0.15) is 0 Å². The quantitative estimate of drug-likeness (QED) is 0.782. The molecular formula is C17H20BrN. The average molecular weight is 318 g/mol. The van der Waals surface area contributed by atoms with E-state index in [-0.39, 0.29) is 0 Å². The molecule has 0 aromatic heterocycles. The van der Waals surface area contributed by atoms with Crippen LogP contribution in [0.3, 0.4) is 0 Å². The lowest BCUT2D eigenvalue weighted by atomic mass is 10.00. The third-order valence-electron chi connectivity index (χ3n) is 3.46. The Morgan fingerprint density at radius 3 is 2.37 bits per heavy atom. The van der Waals surface area contributed by atoms with Crippen LogP contribution in [-0.2, 0) is 0 Å². The fourth-order valence-electron chi connectivity index (χ4n) is 2.37. The number of nitrogens with one attached hydrogen (secondary N) is 1. The third-order valence-corrected chi connectivity index (χ3v) is 3.96. The van der Waals surface area contributed by atoms with Gasteiger partial charge in [0.05, 0.1) is 0 Å². The molecule has 0 amide bonds. The summed E-state index contributed by atoms with van der Waals surface area (Å²) >= 11 is 3.53. The van der Waals surface area contributed by atoms with Gasteiger partial charge in [-0.3, -0.25) is 0 Å². The second-order valence-electron chi connectivity index (χ2n) is 5.19. The molecule has 1 N–H and O–H groups in total. The zero-order chi connectivity index (χ0) is 14.0. The van der Waals surface area contributed by atoms with Crippen LogP contribution in [0.4, 0.5) is 5.69 Å². The monoisotopic (exact) mass is 317 g/mol. The molecule has 0 spiro atoms. The summed E-state index contributed by atoms with van der Waals surface area (Å²) in [6.45, 7) is 8.64. The Kier molecular flexibility index (Phi) is 4.31. The van der Waals surface area contributed by atoms with Gasteiger partial charge in [-0.2, -0.15) is 0 Å². The van der Waals surface area contributed by atoms with Crippen molar-refractivity contribution >= 4 is 21.6 Å². The Morgan fingerprint density at radius 1 is 0.947 bits per heavy atom. The molecule has 0 saturated carbocycles. The number of hydrogen-bond donors (Lipinski definition) is 1. The first kappa shape index (κ1) is 14.1. The predicted octanol–water partition coefficient (Wildman–Crippen LogP) is 5.55. The van der Waals surface area contributed by atoms with Crippen LogP contribution < -0.4 is 5.32 Å². The van der Waals surface area contributed by atoms with Crippen molar-refractivity contribution in [3.63, 3.8) is 0 Å². The Hall–Kier alpha value is -1.28. The molecule has 1 atom stereocenters. The maximum absolute atomic E-state index is 3.60. The first-order valence-electron chi connectivity index (χ1n) is 6.57. The Labute approximate surface area is 124 Å². The first-order valence-corrected chi connectivity index (χ1v) is 7.36. The number of hydrogen-bond acceptors (Lipinski definition) is 1. The van der Waals surface area contributed by atoms with E-state index < -0.39 is 0 Å². The van der Waals surface area contributed by atoms with Gasteiger partial charge in [0.2, 0.25) is 0 Å². The number of aryl methyl sites for hydroxylation is 3. The number of halogens is 1. The summed E-state index contributed by atoms with van der Waals surface area (Å²) in [5, 5.41) is 3.60. The first-order chi connectivity index (χ1) is 8.97. The van der Waals surface area contributed by atoms with E-state index in [1.807, 2.05) is 0 Å². The highest BCUT2D eigenvalue weighted by atomic mass is 79.9. The summed E-state index contributed by atoms with van der Waals surface area (Å²) in [5.41, 5.74) is 6.45. The summed E-state index contributed by atoms with van der Waals surface area (Å²) in [6, 6.07) is 13.3. The lowest BCUT2D eigenvalue weighted by Crippen LogP contribution is -2.09. The molecule has 0 fully saturated rings. The van der Waals surface area contributed by atoms with Gasteiger partial charge in [-0.05, 0) is 56.5 Å². The zero-order valence-electron chi connectivity index (χ0n) is 11.9. The van der Waals surface area contributed by atoms with E-state index in [9.17, 15) is 0 Å². The van der Waals surface area contributed by atoms with Crippen LogP contribution in [0.2, 0.25) is 0 Å². The van der Waals surface area contributed by atoms with Crippen molar-refractivity contribution in [3.8, 4) is 0 Å². The van der Waals surface area contributed by atoms with Crippen molar-refractivity contribution in [3.05, 3.63) is 63.1 Å². The van der Waals surface area contributed by atoms with Gasteiger partial charge >= 0.3 is 0 Å². The van der Waals surface area contributed by atoms with E-state index >= 15 is 0 Å². The third kappa shape index (κ3) is 3.38. The lowest BCUT2D eigenvalue weighted by molar-refractivity contribution is 0.871. The summed E-state index contributed by atoms with van der Waals surface area (Å²) < 4.78 is 1.11. The van der Waals surface area contributed by atoms with Gasteiger partial charge in [-0.15, -0.1) is 0 Å². The molecule has 2 heteroatoms. The fourth-order valence-corrected chi connectivity index (χ4v) is 2.73. The number of rotatable bonds is 3. The van der Waals surface area contributed by atoms with Gasteiger partial charge < -0.3 is 5.32 Å². The smallest absolute Gasteiger partial charge is 0.0488 e. The molecule has 0 aliphatic carbocycles. The van der Waals surface area contributed by atoms with Crippen LogP contribution in [0, 0.1) is 20.8 Å². The highest BCUT2D eigenvalue weighted by Crippen LogP contribution is 2.27. The van der Waals surface area contributed by atoms with Crippen molar-refractivity contribution in [1.82, 2.24) is 0 Å². The molecule has 2 aromatic rings. The highest BCUT2D eigenvalue weighted by molar-refractivity contribution is 9.10. The van der Waals surface area contributed by atoms with Gasteiger partial charge in [-0.25, -0.2) is 0 Å². The zero-order valence-corrected chi connectivity index (χ0v) is 13.5. The maximum Gasteiger partial charge on any atom is 0.0488 e. The Balaban J connectivity index is 2.25. The molecule has 1 unspecified atom stereocenters. The summed E-state index contributed by atoms with van der Waals surface area (Å²) in [4.78, 5) is 0. The minimum absolute atomic E-state index is 0.300. The topological polar surface area (TPSA) is 12.0 Å². The largest absolute Gasteiger partial charge is 0.378 e. The number of benzene rings is 2. The van der Waals surface area contributed by atoms with Gasteiger partial charge in [0.25, 0.3) is 0 Å². The molecule has 2 rings (SSSR count). The maximum atomic E-state index is 3.60. The van der Waals surface area contributed by atoms with Crippen molar-refractivity contribution in [2.75, 3.05) is 5.32 Å². The summed E-state index contributed by atoms with van der Waals surface area (Å²) in [7, 11) is 0. The molecule has 0 aliphatic heterocycles. The van der Waals surface area contributed by atoms with Crippen molar-refractivity contribution in [1.29, 1.82) is 0 Å². The molecule has 0 radical (unpaired) electrons. The molecule has 0 heterocycles. The van der Waals surface area contributed by atoms with Crippen LogP contribution in [0.1, 0.15) is 35.2 Å². The van der Waals surface area contributed by atoms with Crippen molar-refractivity contribution in [2.45, 2.75) is 33.7 Å². The molecule has 100 valence electrons. The second-order valence-corrected chi connectivity index (χ2v) is 6.10. The Bertz CT molecular complexity index is 590. The van der Waals surface area contributed by atoms with Gasteiger partial charge in [-0.1, -0.05) is 45.8 Å². The molecule has 0 bridgehead atoms. The van der Waals surface area contributed by atoms with Crippen molar-refractivity contribution < 1.29 is 0 Å². The van der Waals surface area contributed by atoms with E-state index in [0.717, 1.165) is 4.47 Å². The average Bonchev–Trinajstić information content (AvgIpc) is 2.33. The van der Waals surface area contributed by atoms with Crippen LogP contribution in [0.25, 0.3) is 0 Å². The van der Waals surface area contributed by atoms with E-state index in [2.05, 4.69) is 85.3 Å². The van der Waals surface area contributed by atoms with E-state index in [0.29, 0.717) is 6.04 Å². The van der Waals surface area contributed by atoms with Crippen LogP contribution in [0.5, 0.6) is 0 Å². The SMILES string of the molecule is Cc1ccc(C(C)Nc2cc(Br)ccc2C)c(C)c1. The minimum atomic E-state index is 0.300. The van der Waals surface area contributed by atoms with Crippen LogP contribution >= 0.6 is 15.9 Å². The summed E-state index contributed by atoms with van der Waals surface area (Å²) in [6.07, 6.45) is 0. The highest BCUT2D eigenvalue weighted by Gasteiger charge is 2.09. The fraction of sp³-hybridized carbons (Fsp3) is 0.294. The molecule has 0 saturated heterocycles. The predicted molar refractivity (Wildman–Crippen MR) is 86.8 cm³/mol. The van der Waals surface area contributed by atoms with Gasteiger partial charge in [0, 0.05) is 16.2 Å². The minimum Gasteiger partial charge on any atom is -0.378 e. The van der Waals surface area contributed by atoms with E-state index in [1.54, 1.807) is 0 Å². The van der Waals surface area contributed by atoms with Crippen LogP contribution in [-0.4, -0.2) is 0 Å². The summed E-state index contributed by atoms with van der Waals surface area (Å²) in [5.74, 6) is 0.